The first-order valence-electron chi connectivity index (χ1n) is 10.2. The van der Waals surface area contributed by atoms with Gasteiger partial charge < -0.3 is 29.3 Å². The number of hydrogen-bond acceptors (Lipinski definition) is 10. The molecule has 4 aromatic rings. The van der Waals surface area contributed by atoms with Crippen LogP contribution in [0.4, 0.5) is 0 Å². The molecule has 4 rings (SSSR count). The zero-order valence-corrected chi connectivity index (χ0v) is 25.4. The van der Waals surface area contributed by atoms with Gasteiger partial charge in [0.05, 0.1) is 11.4 Å². The van der Waals surface area contributed by atoms with Crippen LogP contribution in [0, 0.1) is 0 Å². The van der Waals surface area contributed by atoms with Crippen molar-refractivity contribution < 1.29 is 88.4 Å². The molecule has 0 atom stereocenters. The number of ether oxygens (including phenoxy) is 2. The third-order valence-corrected chi connectivity index (χ3v) is 6.58. The Bertz CT molecular complexity index is 1210. The molecule has 2 aromatic carbocycles. The summed E-state index contributed by atoms with van der Waals surface area (Å²) in [4.78, 5) is 31.0. The van der Waals surface area contributed by atoms with Crippen LogP contribution in [0.5, 0.6) is 11.5 Å². The number of thiazole rings is 2. The van der Waals surface area contributed by atoms with Crippen LogP contribution in [0.2, 0.25) is 0 Å². The van der Waals surface area contributed by atoms with E-state index in [1.54, 1.807) is 48.5 Å². The number of carboxylic acid groups (broad SMARTS) is 2. The fourth-order valence-corrected chi connectivity index (χ4v) is 4.80. The largest absolute Gasteiger partial charge is 1.00 e. The monoisotopic (exact) mass is 540 g/mol. The van der Waals surface area contributed by atoms with Gasteiger partial charge in [-0.1, -0.05) is 36.4 Å². The summed E-state index contributed by atoms with van der Waals surface area (Å²) in [5.74, 6) is -1.38. The molecule has 0 saturated carbocycles. The van der Waals surface area contributed by atoms with Crippen molar-refractivity contribution in [3.05, 3.63) is 81.8 Å². The van der Waals surface area contributed by atoms with Crippen molar-refractivity contribution in [1.29, 1.82) is 0 Å². The van der Waals surface area contributed by atoms with Crippen molar-refractivity contribution in [2.24, 2.45) is 0 Å². The van der Waals surface area contributed by atoms with Crippen LogP contribution in [0.15, 0.2) is 59.3 Å². The van der Waals surface area contributed by atoms with Crippen LogP contribution in [-0.4, -0.2) is 21.9 Å². The van der Waals surface area contributed by atoms with Gasteiger partial charge in [-0.3, -0.25) is 0 Å². The van der Waals surface area contributed by atoms with E-state index in [1.807, 2.05) is 10.8 Å². The molecule has 0 bridgehead atoms. The minimum atomic E-state index is -1.17. The Kier molecular flexibility index (Phi) is 12.6. The van der Waals surface area contributed by atoms with E-state index in [2.05, 4.69) is 9.97 Å². The summed E-state index contributed by atoms with van der Waals surface area (Å²) in [7, 11) is 0. The summed E-state index contributed by atoms with van der Waals surface area (Å²) < 4.78 is 11.5. The van der Waals surface area contributed by atoms with E-state index >= 15 is 0 Å². The Labute approximate surface area is 259 Å². The van der Waals surface area contributed by atoms with E-state index in [4.69, 9.17) is 9.47 Å². The fourth-order valence-electron chi connectivity index (χ4n) is 3.14. The second kappa shape index (κ2) is 14.8. The third-order valence-electron chi connectivity index (χ3n) is 4.65. The van der Waals surface area contributed by atoms with Crippen molar-refractivity contribution in [1.82, 2.24) is 9.97 Å². The molecule has 2 heterocycles. The second-order valence-electron chi connectivity index (χ2n) is 7.18. The van der Waals surface area contributed by atoms with E-state index in [-0.39, 0.29) is 85.2 Å². The van der Waals surface area contributed by atoms with Crippen molar-refractivity contribution >= 4 is 34.6 Å². The van der Waals surface area contributed by atoms with Gasteiger partial charge in [0, 0.05) is 35.5 Å². The summed E-state index contributed by atoms with van der Waals surface area (Å²) in [6, 6.07) is 13.8. The number of hydrogen-bond donors (Lipinski definition) is 0. The molecule has 0 amide bonds. The minimum absolute atomic E-state index is 0. The van der Waals surface area contributed by atoms with Crippen LogP contribution in [0.1, 0.15) is 22.5 Å². The number of aromatic nitrogens is 2. The van der Waals surface area contributed by atoms with Gasteiger partial charge in [0.25, 0.3) is 0 Å². The minimum Gasteiger partial charge on any atom is -0.550 e. The van der Waals surface area contributed by atoms with Gasteiger partial charge in [-0.15, -0.1) is 22.7 Å². The SMILES string of the molecule is O=C([O-])Cc1ccccc1OCc1csc(-c2nc(COc3ccccc3CC(=O)[O-])cs2)n1.[Na+].[Na+]. The molecular weight excluding hydrogens is 522 g/mol. The maximum Gasteiger partial charge on any atom is 1.00 e. The van der Waals surface area contributed by atoms with Gasteiger partial charge in [0.2, 0.25) is 0 Å². The Morgan fingerprint density at radius 1 is 0.694 bits per heavy atom. The zero-order chi connectivity index (χ0) is 23.9. The standard InChI is InChI=1S/C24H20N2O6S2.2Na/c27-21(28)9-15-5-1-3-7-19(15)31-11-17-13-33-23(25-17)24-26-18(14-34-24)12-32-20-8-4-2-6-16(20)10-22(29)30;;/h1-8,13-14H,9-12H2,(H,27,28)(H,29,30);;/q;2*+1/p-2. The Hall–Kier alpha value is -1.76. The number of aliphatic carboxylic acids is 2. The molecule has 0 spiro atoms. The maximum atomic E-state index is 10.9. The average molecular weight is 541 g/mol. The van der Waals surface area contributed by atoms with Crippen molar-refractivity contribution in [2.75, 3.05) is 0 Å². The maximum absolute atomic E-state index is 10.9. The average Bonchev–Trinajstić information content (AvgIpc) is 3.47. The third kappa shape index (κ3) is 8.67. The molecule has 0 aliphatic rings. The smallest absolute Gasteiger partial charge is 0.550 e. The van der Waals surface area contributed by atoms with Gasteiger partial charge >= 0.3 is 59.1 Å². The molecule has 0 aliphatic carbocycles. The van der Waals surface area contributed by atoms with E-state index in [1.165, 1.54) is 22.7 Å². The quantitative estimate of drug-likeness (QED) is 0.177. The first kappa shape index (κ1) is 30.5. The molecule has 0 aliphatic heterocycles. The first-order chi connectivity index (χ1) is 16.5. The van der Waals surface area contributed by atoms with E-state index < -0.39 is 11.9 Å². The first-order valence-corrected chi connectivity index (χ1v) is 11.9. The molecule has 0 radical (unpaired) electrons. The van der Waals surface area contributed by atoms with E-state index in [9.17, 15) is 19.8 Å². The number of rotatable bonds is 11. The van der Waals surface area contributed by atoms with Gasteiger partial charge in [0.1, 0.15) is 24.7 Å². The second-order valence-corrected chi connectivity index (χ2v) is 8.89. The number of nitrogens with zero attached hydrogens (tertiary/aromatic N) is 2. The number of carboxylic acids is 2. The number of para-hydroxylation sites is 2. The Morgan fingerprint density at radius 2 is 1.08 bits per heavy atom. The van der Waals surface area contributed by atoms with Crippen LogP contribution < -0.4 is 78.8 Å². The van der Waals surface area contributed by atoms with Gasteiger partial charge in [-0.05, 0) is 23.3 Å². The summed E-state index contributed by atoms with van der Waals surface area (Å²) >= 11 is 2.86. The molecule has 0 unspecified atom stereocenters. The molecule has 2 aromatic heterocycles. The normalized spacial score (nSPS) is 10.1. The predicted molar refractivity (Wildman–Crippen MR) is 122 cm³/mol. The molecule has 0 saturated heterocycles. The van der Waals surface area contributed by atoms with Gasteiger partial charge in [-0.2, -0.15) is 0 Å². The Balaban J connectivity index is 0.00000228. The van der Waals surface area contributed by atoms with Crippen molar-refractivity contribution in [3.8, 4) is 21.5 Å². The molecule has 0 fully saturated rings. The molecular formula is C24H18N2Na2O6S2. The number of carbonyl (C=O) groups excluding carboxylic acids is 2. The van der Waals surface area contributed by atoms with Crippen LogP contribution in [-0.2, 0) is 35.6 Å². The number of benzene rings is 2. The van der Waals surface area contributed by atoms with E-state index in [0.29, 0.717) is 34.0 Å². The fraction of sp³-hybridized carbons (Fsp3) is 0.167. The van der Waals surface area contributed by atoms with Crippen molar-refractivity contribution in [3.63, 3.8) is 0 Å². The van der Waals surface area contributed by atoms with Crippen molar-refractivity contribution in [2.45, 2.75) is 26.1 Å². The zero-order valence-electron chi connectivity index (χ0n) is 19.8. The van der Waals surface area contributed by atoms with Crippen LogP contribution >= 0.6 is 22.7 Å². The summed E-state index contributed by atoms with van der Waals surface area (Å²) in [6.45, 7) is 0.383. The van der Waals surface area contributed by atoms with Crippen LogP contribution in [0.25, 0.3) is 10.0 Å². The molecule has 12 heteroatoms. The molecule has 8 nitrogen and oxygen atoms in total. The van der Waals surface area contributed by atoms with Gasteiger partial charge in [0.15, 0.2) is 10.0 Å². The topological polar surface area (TPSA) is 125 Å². The summed E-state index contributed by atoms with van der Waals surface area (Å²) in [6.07, 6.45) is -0.444. The van der Waals surface area contributed by atoms with Crippen LogP contribution in [0.3, 0.4) is 0 Å². The van der Waals surface area contributed by atoms with Gasteiger partial charge in [-0.25, -0.2) is 9.97 Å². The van der Waals surface area contributed by atoms with E-state index in [0.717, 1.165) is 10.0 Å². The Morgan fingerprint density at radius 3 is 1.47 bits per heavy atom. The molecule has 36 heavy (non-hydrogen) atoms. The number of carbonyl (C=O) groups is 2. The summed E-state index contributed by atoms with van der Waals surface area (Å²) in [5.41, 5.74) is 2.49. The molecule has 0 N–H and O–H groups in total. The predicted octanol–water partition coefficient (Wildman–Crippen LogP) is -3.98. The summed E-state index contributed by atoms with van der Waals surface area (Å²) in [5, 5.41) is 27.0. The molecule has 174 valence electrons.